The van der Waals surface area contributed by atoms with Crippen LogP contribution in [-0.4, -0.2) is 23.1 Å². The third-order valence-electron chi connectivity index (χ3n) is 2.85. The number of hydrogen-bond acceptors (Lipinski definition) is 4. The zero-order valence-electron chi connectivity index (χ0n) is 10.5. The van der Waals surface area contributed by atoms with Gasteiger partial charge in [0.05, 0.1) is 15.7 Å². The normalized spacial score (nSPS) is 12.6. The zero-order valence-corrected chi connectivity index (χ0v) is 12.1. The second-order valence-corrected chi connectivity index (χ2v) is 5.69. The highest BCUT2D eigenvalue weighted by Gasteiger charge is 2.12. The molecule has 0 spiro atoms. The van der Waals surface area contributed by atoms with E-state index in [1.165, 1.54) is 0 Å². The molecule has 0 fully saturated rings. The molecule has 0 saturated heterocycles. The van der Waals surface area contributed by atoms with Gasteiger partial charge in [-0.15, -0.1) is 11.3 Å². The van der Waals surface area contributed by atoms with Crippen molar-refractivity contribution in [2.75, 3.05) is 7.05 Å². The Hall–Kier alpha value is -0.970. The first-order chi connectivity index (χ1) is 8.69. The van der Waals surface area contributed by atoms with Gasteiger partial charge in [0, 0.05) is 30.2 Å². The summed E-state index contributed by atoms with van der Waals surface area (Å²) in [5.41, 5.74) is 2.26. The Labute approximate surface area is 116 Å². The standard InChI is InChI=1S/C13H16ClN3S/c1-9-17-12(8-18-9)6-11(15-2)5-10-3-4-16-7-13(10)14/h3-4,7-8,11,15H,5-6H2,1-2H3. The molecule has 0 aromatic carbocycles. The van der Waals surface area contributed by atoms with Crippen LogP contribution in [0.15, 0.2) is 23.8 Å². The van der Waals surface area contributed by atoms with Crippen molar-refractivity contribution in [1.29, 1.82) is 0 Å². The second-order valence-electron chi connectivity index (χ2n) is 4.22. The van der Waals surface area contributed by atoms with Gasteiger partial charge >= 0.3 is 0 Å². The van der Waals surface area contributed by atoms with E-state index in [9.17, 15) is 0 Å². The molecule has 96 valence electrons. The molecular weight excluding hydrogens is 266 g/mol. The molecule has 3 nitrogen and oxygen atoms in total. The molecule has 2 aromatic heterocycles. The molecule has 0 amide bonds. The smallest absolute Gasteiger partial charge is 0.0897 e. The van der Waals surface area contributed by atoms with Gasteiger partial charge in [0.25, 0.3) is 0 Å². The maximum atomic E-state index is 6.13. The molecular formula is C13H16ClN3S. The molecule has 5 heteroatoms. The largest absolute Gasteiger partial charge is 0.316 e. The van der Waals surface area contributed by atoms with Crippen LogP contribution in [0.5, 0.6) is 0 Å². The average Bonchev–Trinajstić information content (AvgIpc) is 2.76. The Morgan fingerprint density at radius 2 is 2.28 bits per heavy atom. The molecule has 1 unspecified atom stereocenters. The minimum Gasteiger partial charge on any atom is -0.316 e. The summed E-state index contributed by atoms with van der Waals surface area (Å²) >= 11 is 7.82. The fraction of sp³-hybridized carbons (Fsp3) is 0.385. The Morgan fingerprint density at radius 3 is 2.89 bits per heavy atom. The van der Waals surface area contributed by atoms with Gasteiger partial charge in [0.2, 0.25) is 0 Å². The molecule has 0 aliphatic carbocycles. The van der Waals surface area contributed by atoms with Gasteiger partial charge < -0.3 is 5.32 Å². The number of aromatic nitrogens is 2. The lowest BCUT2D eigenvalue weighted by Crippen LogP contribution is -2.30. The molecule has 18 heavy (non-hydrogen) atoms. The fourth-order valence-electron chi connectivity index (χ4n) is 1.87. The summed E-state index contributed by atoms with van der Waals surface area (Å²) in [5, 5.41) is 7.28. The predicted octanol–water partition coefficient (Wildman–Crippen LogP) is 2.87. The van der Waals surface area contributed by atoms with Crippen molar-refractivity contribution in [3.63, 3.8) is 0 Å². The van der Waals surface area contributed by atoms with Crippen LogP contribution >= 0.6 is 22.9 Å². The lowest BCUT2D eigenvalue weighted by Gasteiger charge is -2.15. The van der Waals surface area contributed by atoms with Crippen LogP contribution in [-0.2, 0) is 12.8 Å². The van der Waals surface area contributed by atoms with Gasteiger partial charge in [0.1, 0.15) is 0 Å². The third-order valence-corrected chi connectivity index (χ3v) is 4.02. The third kappa shape index (κ3) is 3.51. The lowest BCUT2D eigenvalue weighted by atomic mass is 10.0. The van der Waals surface area contributed by atoms with Crippen molar-refractivity contribution in [2.24, 2.45) is 0 Å². The Bertz CT molecular complexity index is 512. The summed E-state index contributed by atoms with van der Waals surface area (Å²) in [6, 6.07) is 2.31. The van der Waals surface area contributed by atoms with E-state index in [-0.39, 0.29) is 0 Å². The summed E-state index contributed by atoms with van der Waals surface area (Å²) < 4.78 is 0. The van der Waals surface area contributed by atoms with Crippen molar-refractivity contribution in [2.45, 2.75) is 25.8 Å². The molecule has 0 bridgehead atoms. The number of likely N-dealkylation sites (N-methyl/N-ethyl adjacent to an activating group) is 1. The van der Waals surface area contributed by atoms with E-state index in [4.69, 9.17) is 11.6 Å². The van der Waals surface area contributed by atoms with Crippen molar-refractivity contribution in [1.82, 2.24) is 15.3 Å². The van der Waals surface area contributed by atoms with Crippen LogP contribution in [0.25, 0.3) is 0 Å². The number of halogens is 1. The SMILES string of the molecule is CNC(Cc1csc(C)n1)Cc1ccncc1Cl. The fourth-order valence-corrected chi connectivity index (χ4v) is 2.69. The summed E-state index contributed by atoms with van der Waals surface area (Å²) in [6.07, 6.45) is 5.27. The van der Waals surface area contributed by atoms with Gasteiger partial charge in [-0.05, 0) is 32.0 Å². The molecule has 0 aliphatic heterocycles. The Kier molecular flexibility index (Phi) is 4.69. The van der Waals surface area contributed by atoms with Crippen molar-refractivity contribution in [3.8, 4) is 0 Å². The molecule has 1 atom stereocenters. The number of hydrogen-bond donors (Lipinski definition) is 1. The lowest BCUT2D eigenvalue weighted by molar-refractivity contribution is 0.551. The van der Waals surface area contributed by atoms with Crippen molar-refractivity contribution < 1.29 is 0 Å². The minimum absolute atomic E-state index is 0.339. The highest BCUT2D eigenvalue weighted by atomic mass is 35.5. The number of rotatable bonds is 5. The molecule has 2 aromatic rings. The molecule has 1 N–H and O–H groups in total. The van der Waals surface area contributed by atoms with Gasteiger partial charge in [-0.25, -0.2) is 4.98 Å². The van der Waals surface area contributed by atoms with Crippen LogP contribution < -0.4 is 5.32 Å². The molecule has 2 heterocycles. The topological polar surface area (TPSA) is 37.8 Å². The Balaban J connectivity index is 2.04. The zero-order chi connectivity index (χ0) is 13.0. The maximum absolute atomic E-state index is 6.13. The number of nitrogens with zero attached hydrogens (tertiary/aromatic N) is 2. The van der Waals surface area contributed by atoms with Crippen molar-refractivity contribution >= 4 is 22.9 Å². The first-order valence-electron chi connectivity index (χ1n) is 5.85. The maximum Gasteiger partial charge on any atom is 0.0897 e. The first kappa shape index (κ1) is 13.5. The van der Waals surface area contributed by atoms with E-state index < -0.39 is 0 Å². The van der Waals surface area contributed by atoms with Crippen LogP contribution in [0.2, 0.25) is 5.02 Å². The van der Waals surface area contributed by atoms with Crippen LogP contribution in [0, 0.1) is 6.92 Å². The van der Waals surface area contributed by atoms with E-state index in [0.29, 0.717) is 6.04 Å². The highest BCUT2D eigenvalue weighted by molar-refractivity contribution is 7.09. The van der Waals surface area contributed by atoms with Crippen LogP contribution in [0.3, 0.4) is 0 Å². The second kappa shape index (κ2) is 6.27. The molecule has 0 saturated carbocycles. The summed E-state index contributed by atoms with van der Waals surface area (Å²) in [7, 11) is 1.97. The summed E-state index contributed by atoms with van der Waals surface area (Å²) in [6.45, 7) is 2.03. The van der Waals surface area contributed by atoms with Crippen LogP contribution in [0.1, 0.15) is 16.3 Å². The minimum atomic E-state index is 0.339. The van der Waals surface area contributed by atoms with E-state index in [1.54, 1.807) is 23.7 Å². The summed E-state index contributed by atoms with van der Waals surface area (Å²) in [5.74, 6) is 0. The average molecular weight is 282 g/mol. The number of aryl methyl sites for hydroxylation is 1. The predicted molar refractivity (Wildman–Crippen MR) is 76.4 cm³/mol. The van der Waals surface area contributed by atoms with Gasteiger partial charge in [0.15, 0.2) is 0 Å². The van der Waals surface area contributed by atoms with Gasteiger partial charge in [-0.2, -0.15) is 0 Å². The van der Waals surface area contributed by atoms with Gasteiger partial charge in [-0.1, -0.05) is 11.6 Å². The molecule has 0 radical (unpaired) electrons. The van der Waals surface area contributed by atoms with Crippen molar-refractivity contribution in [3.05, 3.63) is 45.1 Å². The quantitative estimate of drug-likeness (QED) is 0.916. The number of thiazole rings is 1. The van der Waals surface area contributed by atoms with E-state index in [0.717, 1.165) is 34.1 Å². The van der Waals surface area contributed by atoms with E-state index >= 15 is 0 Å². The summed E-state index contributed by atoms with van der Waals surface area (Å²) in [4.78, 5) is 8.50. The first-order valence-corrected chi connectivity index (χ1v) is 7.11. The van der Waals surface area contributed by atoms with E-state index in [1.807, 2.05) is 20.0 Å². The number of nitrogens with one attached hydrogen (secondary N) is 1. The monoisotopic (exact) mass is 281 g/mol. The van der Waals surface area contributed by atoms with Crippen LogP contribution in [0.4, 0.5) is 0 Å². The molecule has 2 rings (SSSR count). The molecule has 0 aliphatic rings. The van der Waals surface area contributed by atoms with Gasteiger partial charge in [-0.3, -0.25) is 4.98 Å². The Morgan fingerprint density at radius 1 is 1.44 bits per heavy atom. The highest BCUT2D eigenvalue weighted by Crippen LogP contribution is 2.17. The van der Waals surface area contributed by atoms with E-state index in [2.05, 4.69) is 20.7 Å². The number of pyridine rings is 1.